The summed E-state index contributed by atoms with van der Waals surface area (Å²) in [6, 6.07) is 2.58. The predicted molar refractivity (Wildman–Crippen MR) is 74.3 cm³/mol. The zero-order valence-electron chi connectivity index (χ0n) is 10.8. The first kappa shape index (κ1) is 13.0. The van der Waals surface area contributed by atoms with Crippen LogP contribution in [0.5, 0.6) is 0 Å². The summed E-state index contributed by atoms with van der Waals surface area (Å²) >= 11 is 1.75. The molecule has 17 heavy (non-hydrogen) atoms. The number of hydrogen-bond donors (Lipinski definition) is 1. The van der Waals surface area contributed by atoms with Crippen LogP contribution in [0.2, 0.25) is 0 Å². The van der Waals surface area contributed by atoms with Crippen LogP contribution in [0, 0.1) is 5.92 Å². The Bertz CT molecular complexity index is 325. The van der Waals surface area contributed by atoms with E-state index in [9.17, 15) is 0 Å². The molecule has 2 N–H and O–H groups in total. The molecule has 1 aliphatic rings. The Labute approximate surface area is 108 Å². The van der Waals surface area contributed by atoms with E-state index in [0.717, 1.165) is 12.5 Å². The molecule has 0 spiro atoms. The van der Waals surface area contributed by atoms with E-state index in [1.54, 1.807) is 11.3 Å². The third-order valence-electron chi connectivity index (χ3n) is 3.72. The molecule has 0 bridgehead atoms. The van der Waals surface area contributed by atoms with Crippen LogP contribution in [0.1, 0.15) is 18.0 Å². The van der Waals surface area contributed by atoms with Gasteiger partial charge in [0.15, 0.2) is 0 Å². The van der Waals surface area contributed by atoms with Gasteiger partial charge in [-0.25, -0.2) is 0 Å². The quantitative estimate of drug-likeness (QED) is 0.866. The topological polar surface area (TPSA) is 32.5 Å². The highest BCUT2D eigenvalue weighted by Gasteiger charge is 2.24. The molecule has 1 aromatic rings. The number of nitrogens with two attached hydrogens (primary N) is 1. The monoisotopic (exact) mass is 253 g/mol. The summed E-state index contributed by atoms with van der Waals surface area (Å²) in [4.78, 5) is 4.84. The molecular weight excluding hydrogens is 230 g/mol. The second-order valence-electron chi connectivity index (χ2n) is 5.16. The van der Waals surface area contributed by atoms with Crippen molar-refractivity contribution in [2.45, 2.75) is 12.5 Å². The van der Waals surface area contributed by atoms with Crippen molar-refractivity contribution >= 4 is 11.3 Å². The summed E-state index contributed by atoms with van der Waals surface area (Å²) in [6.45, 7) is 4.33. The van der Waals surface area contributed by atoms with E-state index in [1.807, 2.05) is 0 Å². The maximum Gasteiger partial charge on any atom is 0.0475 e. The highest BCUT2D eigenvalue weighted by Crippen LogP contribution is 2.24. The lowest BCUT2D eigenvalue weighted by Gasteiger charge is -2.28. The number of rotatable bonds is 5. The fraction of sp³-hybridized carbons (Fsp3) is 0.692. The first-order valence-corrected chi connectivity index (χ1v) is 7.26. The van der Waals surface area contributed by atoms with Crippen LogP contribution < -0.4 is 5.73 Å². The van der Waals surface area contributed by atoms with Crippen molar-refractivity contribution < 1.29 is 0 Å². The third kappa shape index (κ3) is 3.28. The zero-order chi connectivity index (χ0) is 12.3. The zero-order valence-corrected chi connectivity index (χ0v) is 11.6. The highest BCUT2D eigenvalue weighted by molar-refractivity contribution is 7.07. The van der Waals surface area contributed by atoms with Crippen molar-refractivity contribution in [1.82, 2.24) is 9.80 Å². The van der Waals surface area contributed by atoms with Gasteiger partial charge in [0.1, 0.15) is 0 Å². The SMILES string of the molecule is CN1CCC(CN(C)C(CN)c2ccsc2)C1. The van der Waals surface area contributed by atoms with Crippen LogP contribution in [0.15, 0.2) is 16.8 Å². The number of hydrogen-bond acceptors (Lipinski definition) is 4. The van der Waals surface area contributed by atoms with Gasteiger partial charge < -0.3 is 10.6 Å². The Morgan fingerprint density at radius 1 is 1.65 bits per heavy atom. The van der Waals surface area contributed by atoms with Gasteiger partial charge in [0.25, 0.3) is 0 Å². The molecule has 2 rings (SSSR count). The summed E-state index contributed by atoms with van der Waals surface area (Å²) in [6.07, 6.45) is 1.32. The molecule has 1 aliphatic heterocycles. The summed E-state index contributed by atoms with van der Waals surface area (Å²) < 4.78 is 0. The average molecular weight is 253 g/mol. The van der Waals surface area contributed by atoms with Crippen LogP contribution in [-0.4, -0.2) is 50.1 Å². The van der Waals surface area contributed by atoms with Gasteiger partial charge in [0.2, 0.25) is 0 Å². The second-order valence-corrected chi connectivity index (χ2v) is 5.94. The van der Waals surface area contributed by atoms with Crippen LogP contribution in [-0.2, 0) is 0 Å². The lowest BCUT2D eigenvalue weighted by molar-refractivity contribution is 0.212. The molecule has 0 amide bonds. The molecule has 1 fully saturated rings. The molecule has 96 valence electrons. The van der Waals surface area contributed by atoms with Gasteiger partial charge in [0, 0.05) is 25.7 Å². The van der Waals surface area contributed by atoms with Gasteiger partial charge in [0.05, 0.1) is 0 Å². The van der Waals surface area contributed by atoms with Gasteiger partial charge in [-0.1, -0.05) is 0 Å². The lowest BCUT2D eigenvalue weighted by Crippen LogP contribution is -2.34. The molecule has 2 heterocycles. The molecule has 1 aromatic heterocycles. The molecule has 2 atom stereocenters. The molecule has 3 nitrogen and oxygen atoms in total. The Morgan fingerprint density at radius 2 is 2.47 bits per heavy atom. The molecule has 0 radical (unpaired) electrons. The van der Waals surface area contributed by atoms with Crippen LogP contribution in [0.25, 0.3) is 0 Å². The van der Waals surface area contributed by atoms with Crippen molar-refractivity contribution in [1.29, 1.82) is 0 Å². The van der Waals surface area contributed by atoms with Gasteiger partial charge >= 0.3 is 0 Å². The van der Waals surface area contributed by atoms with Crippen LogP contribution in [0.4, 0.5) is 0 Å². The van der Waals surface area contributed by atoms with Crippen molar-refractivity contribution in [3.63, 3.8) is 0 Å². The van der Waals surface area contributed by atoms with E-state index >= 15 is 0 Å². The minimum Gasteiger partial charge on any atom is -0.329 e. The Morgan fingerprint density at radius 3 is 3.00 bits per heavy atom. The van der Waals surface area contributed by atoms with E-state index < -0.39 is 0 Å². The van der Waals surface area contributed by atoms with Gasteiger partial charge in [-0.15, -0.1) is 0 Å². The fourth-order valence-corrected chi connectivity index (χ4v) is 3.45. The Hall–Kier alpha value is -0.420. The first-order valence-electron chi connectivity index (χ1n) is 6.31. The lowest BCUT2D eigenvalue weighted by atomic mass is 10.1. The minimum atomic E-state index is 0.382. The van der Waals surface area contributed by atoms with Crippen molar-refractivity contribution in [2.75, 3.05) is 40.3 Å². The number of likely N-dealkylation sites (tertiary alicyclic amines) is 1. The third-order valence-corrected chi connectivity index (χ3v) is 4.42. The summed E-state index contributed by atoms with van der Waals surface area (Å²) in [5.74, 6) is 0.803. The first-order chi connectivity index (χ1) is 8.20. The molecular formula is C13H23N3S. The fourth-order valence-electron chi connectivity index (χ4n) is 2.74. The Kier molecular flexibility index (Phi) is 4.56. The molecule has 4 heteroatoms. The largest absolute Gasteiger partial charge is 0.329 e. The summed E-state index contributed by atoms with van der Waals surface area (Å²) in [7, 11) is 4.41. The molecule has 0 aromatic carbocycles. The van der Waals surface area contributed by atoms with E-state index in [4.69, 9.17) is 5.73 Å². The van der Waals surface area contributed by atoms with E-state index in [2.05, 4.69) is 40.7 Å². The summed E-state index contributed by atoms with van der Waals surface area (Å²) in [5.41, 5.74) is 7.29. The molecule has 0 saturated carbocycles. The van der Waals surface area contributed by atoms with Crippen molar-refractivity contribution in [3.05, 3.63) is 22.4 Å². The summed E-state index contributed by atoms with van der Waals surface area (Å²) in [5, 5.41) is 4.35. The molecule has 0 aliphatic carbocycles. The number of likely N-dealkylation sites (N-methyl/N-ethyl adjacent to an activating group) is 1. The van der Waals surface area contributed by atoms with Crippen molar-refractivity contribution in [3.8, 4) is 0 Å². The molecule has 1 saturated heterocycles. The second kappa shape index (κ2) is 5.96. The smallest absolute Gasteiger partial charge is 0.0475 e. The predicted octanol–water partition coefficient (Wildman–Crippen LogP) is 1.63. The van der Waals surface area contributed by atoms with Gasteiger partial charge in [-0.2, -0.15) is 11.3 Å². The Balaban J connectivity index is 1.91. The standard InChI is InChI=1S/C13H23N3S/c1-15-5-3-11(8-15)9-16(2)13(7-14)12-4-6-17-10-12/h4,6,10-11,13H,3,5,7-9,14H2,1-2H3. The van der Waals surface area contributed by atoms with Crippen LogP contribution >= 0.6 is 11.3 Å². The van der Waals surface area contributed by atoms with E-state index in [0.29, 0.717) is 12.6 Å². The maximum atomic E-state index is 5.92. The van der Waals surface area contributed by atoms with Gasteiger partial charge in [-0.3, -0.25) is 4.90 Å². The van der Waals surface area contributed by atoms with Crippen LogP contribution in [0.3, 0.4) is 0 Å². The average Bonchev–Trinajstić information content (AvgIpc) is 2.92. The van der Waals surface area contributed by atoms with Gasteiger partial charge in [-0.05, 0) is 55.4 Å². The number of thiophene rings is 1. The van der Waals surface area contributed by atoms with E-state index in [1.165, 1.54) is 25.1 Å². The maximum absolute atomic E-state index is 5.92. The number of nitrogens with zero attached hydrogens (tertiary/aromatic N) is 2. The highest BCUT2D eigenvalue weighted by atomic mass is 32.1. The van der Waals surface area contributed by atoms with E-state index in [-0.39, 0.29) is 0 Å². The minimum absolute atomic E-state index is 0.382. The molecule has 2 unspecified atom stereocenters. The normalized spacial score (nSPS) is 23.4. The van der Waals surface area contributed by atoms with Crippen molar-refractivity contribution in [2.24, 2.45) is 11.7 Å².